The number of rotatable bonds is 8. The van der Waals surface area contributed by atoms with Crippen molar-refractivity contribution < 1.29 is 9.18 Å². The molecule has 1 amide bonds. The molecule has 0 fully saturated rings. The maximum atomic E-state index is 13.4. The number of carbonyl (C=O) groups excluding carboxylic acids is 1. The largest absolute Gasteiger partial charge is 0.370 e. The topological polar surface area (TPSA) is 66.0 Å². The van der Waals surface area contributed by atoms with E-state index in [4.69, 9.17) is 0 Å². The summed E-state index contributed by atoms with van der Waals surface area (Å²) in [6.07, 6.45) is 4.06. The third-order valence-corrected chi connectivity index (χ3v) is 4.78. The second-order valence-electron chi connectivity index (χ2n) is 6.85. The minimum Gasteiger partial charge on any atom is -0.370 e. The number of aromatic nitrogens is 1. The number of fused-ring (bicyclic) bond motifs is 1. The van der Waals surface area contributed by atoms with Crippen LogP contribution in [-0.4, -0.2) is 24.0 Å². The Labute approximate surface area is 159 Å². The van der Waals surface area contributed by atoms with E-state index in [1.54, 1.807) is 6.07 Å². The summed E-state index contributed by atoms with van der Waals surface area (Å²) in [5.41, 5.74) is 2.06. The SMILES string of the molecule is CCC(NC(=O)CCCNc1ccc2c(n1)NCCC2)c1cccc(F)c1. The second kappa shape index (κ2) is 9.35. The Morgan fingerprint density at radius 2 is 2.22 bits per heavy atom. The number of benzene rings is 1. The molecular weight excluding hydrogens is 343 g/mol. The molecule has 0 aliphatic carbocycles. The standard InChI is InChI=1S/C21H27FN4O/c1-2-18(16-6-3-8-17(22)14-16)25-20(27)9-5-12-23-19-11-10-15-7-4-13-24-21(15)26-19/h3,6,8,10-11,14,18H,2,4-5,7,9,12-13H2,1H3,(H,25,27)(H2,23,24,26). The first-order chi connectivity index (χ1) is 13.2. The maximum Gasteiger partial charge on any atom is 0.220 e. The van der Waals surface area contributed by atoms with Crippen LogP contribution in [-0.2, 0) is 11.2 Å². The minimum absolute atomic E-state index is 0.0204. The number of hydrogen-bond donors (Lipinski definition) is 3. The van der Waals surface area contributed by atoms with Gasteiger partial charge in [0.1, 0.15) is 17.5 Å². The molecule has 27 heavy (non-hydrogen) atoms. The van der Waals surface area contributed by atoms with Gasteiger partial charge in [-0.3, -0.25) is 4.79 Å². The number of anilines is 2. The number of pyridine rings is 1. The van der Waals surface area contributed by atoms with E-state index in [-0.39, 0.29) is 17.8 Å². The van der Waals surface area contributed by atoms with E-state index in [0.717, 1.165) is 43.0 Å². The Morgan fingerprint density at radius 1 is 1.33 bits per heavy atom. The van der Waals surface area contributed by atoms with Gasteiger partial charge in [-0.25, -0.2) is 9.37 Å². The first-order valence-electron chi connectivity index (χ1n) is 9.68. The van der Waals surface area contributed by atoms with Crippen molar-refractivity contribution in [2.24, 2.45) is 0 Å². The number of nitrogens with zero attached hydrogens (tertiary/aromatic N) is 1. The Balaban J connectivity index is 1.42. The van der Waals surface area contributed by atoms with Crippen LogP contribution >= 0.6 is 0 Å². The van der Waals surface area contributed by atoms with Gasteiger partial charge < -0.3 is 16.0 Å². The minimum atomic E-state index is -0.281. The van der Waals surface area contributed by atoms with Gasteiger partial charge in [0.25, 0.3) is 0 Å². The average molecular weight is 370 g/mol. The fourth-order valence-corrected chi connectivity index (χ4v) is 3.30. The van der Waals surface area contributed by atoms with Gasteiger partial charge >= 0.3 is 0 Å². The highest BCUT2D eigenvalue weighted by Crippen LogP contribution is 2.21. The van der Waals surface area contributed by atoms with Gasteiger partial charge in [-0.2, -0.15) is 0 Å². The molecule has 1 aliphatic heterocycles. The van der Waals surface area contributed by atoms with E-state index in [1.165, 1.54) is 17.7 Å². The van der Waals surface area contributed by atoms with Crippen LogP contribution in [0.15, 0.2) is 36.4 Å². The molecule has 1 unspecified atom stereocenters. The lowest BCUT2D eigenvalue weighted by molar-refractivity contribution is -0.121. The van der Waals surface area contributed by atoms with Gasteiger partial charge in [0.15, 0.2) is 0 Å². The van der Waals surface area contributed by atoms with E-state index < -0.39 is 0 Å². The molecule has 6 heteroatoms. The Kier molecular flexibility index (Phi) is 6.63. The van der Waals surface area contributed by atoms with Crippen molar-refractivity contribution in [1.29, 1.82) is 0 Å². The van der Waals surface area contributed by atoms with Crippen LogP contribution in [0.1, 0.15) is 49.8 Å². The summed E-state index contributed by atoms with van der Waals surface area (Å²) >= 11 is 0. The Bertz CT molecular complexity index is 781. The summed E-state index contributed by atoms with van der Waals surface area (Å²) in [4.78, 5) is 16.8. The van der Waals surface area contributed by atoms with E-state index >= 15 is 0 Å². The van der Waals surface area contributed by atoms with Crippen molar-refractivity contribution in [2.45, 2.75) is 45.1 Å². The number of hydrogen-bond acceptors (Lipinski definition) is 4. The first-order valence-corrected chi connectivity index (χ1v) is 9.68. The summed E-state index contributed by atoms with van der Waals surface area (Å²) in [7, 11) is 0. The highest BCUT2D eigenvalue weighted by molar-refractivity contribution is 5.76. The molecule has 3 rings (SSSR count). The lowest BCUT2D eigenvalue weighted by Gasteiger charge is -2.18. The molecule has 1 aromatic heterocycles. The molecule has 144 valence electrons. The van der Waals surface area contributed by atoms with Crippen LogP contribution in [0.5, 0.6) is 0 Å². The highest BCUT2D eigenvalue weighted by Gasteiger charge is 2.13. The molecular formula is C21H27FN4O. The average Bonchev–Trinajstić information content (AvgIpc) is 2.69. The predicted molar refractivity (Wildman–Crippen MR) is 106 cm³/mol. The molecule has 2 heterocycles. The van der Waals surface area contributed by atoms with Crippen LogP contribution in [0, 0.1) is 5.82 Å². The van der Waals surface area contributed by atoms with Gasteiger partial charge in [-0.1, -0.05) is 25.1 Å². The molecule has 3 N–H and O–H groups in total. The Morgan fingerprint density at radius 3 is 3.04 bits per heavy atom. The summed E-state index contributed by atoms with van der Waals surface area (Å²) in [6.45, 7) is 3.62. The zero-order valence-corrected chi connectivity index (χ0v) is 15.7. The quantitative estimate of drug-likeness (QED) is 0.614. The zero-order chi connectivity index (χ0) is 19.1. The van der Waals surface area contributed by atoms with Crippen LogP contribution in [0.2, 0.25) is 0 Å². The van der Waals surface area contributed by atoms with Gasteiger partial charge in [-0.15, -0.1) is 0 Å². The fraction of sp³-hybridized carbons (Fsp3) is 0.429. The molecule has 0 saturated carbocycles. The van der Waals surface area contributed by atoms with E-state index in [9.17, 15) is 9.18 Å². The molecule has 5 nitrogen and oxygen atoms in total. The monoisotopic (exact) mass is 370 g/mol. The Hall–Kier alpha value is -2.63. The molecule has 0 radical (unpaired) electrons. The lowest BCUT2D eigenvalue weighted by Crippen LogP contribution is -2.28. The first kappa shape index (κ1) is 19.1. The predicted octanol–water partition coefficient (Wildman–Crippen LogP) is 4.04. The highest BCUT2D eigenvalue weighted by atomic mass is 19.1. The smallest absolute Gasteiger partial charge is 0.220 e. The van der Waals surface area contributed by atoms with E-state index in [1.807, 2.05) is 19.1 Å². The number of halogens is 1. The van der Waals surface area contributed by atoms with Gasteiger partial charge in [0.05, 0.1) is 6.04 Å². The maximum absolute atomic E-state index is 13.4. The van der Waals surface area contributed by atoms with E-state index in [0.29, 0.717) is 19.4 Å². The summed E-state index contributed by atoms with van der Waals surface area (Å²) < 4.78 is 13.4. The molecule has 0 spiro atoms. The van der Waals surface area contributed by atoms with Crippen molar-refractivity contribution in [3.05, 3.63) is 53.3 Å². The summed E-state index contributed by atoms with van der Waals surface area (Å²) in [5.74, 6) is 1.49. The summed E-state index contributed by atoms with van der Waals surface area (Å²) in [5, 5.41) is 9.58. The van der Waals surface area contributed by atoms with Crippen LogP contribution in [0.4, 0.5) is 16.0 Å². The lowest BCUT2D eigenvalue weighted by atomic mass is 10.0. The van der Waals surface area contributed by atoms with Crippen LogP contribution in [0.3, 0.4) is 0 Å². The molecule has 0 saturated heterocycles. The van der Waals surface area contributed by atoms with Gasteiger partial charge in [0.2, 0.25) is 5.91 Å². The van der Waals surface area contributed by atoms with Crippen molar-refractivity contribution in [3.8, 4) is 0 Å². The number of aryl methyl sites for hydroxylation is 1. The van der Waals surface area contributed by atoms with Crippen LogP contribution in [0.25, 0.3) is 0 Å². The van der Waals surface area contributed by atoms with Gasteiger partial charge in [0, 0.05) is 19.5 Å². The normalized spacial score (nSPS) is 14.0. The molecule has 1 atom stereocenters. The van der Waals surface area contributed by atoms with Crippen LogP contribution < -0.4 is 16.0 Å². The van der Waals surface area contributed by atoms with Crippen molar-refractivity contribution in [2.75, 3.05) is 23.7 Å². The molecule has 1 aromatic carbocycles. The molecule has 2 aromatic rings. The number of amides is 1. The fourth-order valence-electron chi connectivity index (χ4n) is 3.30. The van der Waals surface area contributed by atoms with Gasteiger partial charge in [-0.05, 0) is 55.0 Å². The number of nitrogens with one attached hydrogen (secondary N) is 3. The third-order valence-electron chi connectivity index (χ3n) is 4.78. The zero-order valence-electron chi connectivity index (χ0n) is 15.7. The second-order valence-corrected chi connectivity index (χ2v) is 6.85. The summed E-state index contributed by atoms with van der Waals surface area (Å²) in [6, 6.07) is 10.3. The van der Waals surface area contributed by atoms with Crippen molar-refractivity contribution >= 4 is 17.5 Å². The van der Waals surface area contributed by atoms with Crippen molar-refractivity contribution in [1.82, 2.24) is 10.3 Å². The van der Waals surface area contributed by atoms with E-state index in [2.05, 4.69) is 27.0 Å². The third kappa shape index (κ3) is 5.42. The number of carbonyl (C=O) groups is 1. The molecule has 1 aliphatic rings. The van der Waals surface area contributed by atoms with Crippen molar-refractivity contribution in [3.63, 3.8) is 0 Å². The molecule has 0 bridgehead atoms.